The van der Waals surface area contributed by atoms with Crippen molar-refractivity contribution in [3.05, 3.63) is 30.1 Å². The van der Waals surface area contributed by atoms with Crippen molar-refractivity contribution in [1.82, 2.24) is 0 Å². The number of amides is 2. The lowest BCUT2D eigenvalue weighted by Gasteiger charge is -2.19. The fraction of sp³-hybridized carbons (Fsp3) is 0.200. The number of hydrogen-bond donors (Lipinski definition) is 1. The molecule has 15 heavy (non-hydrogen) atoms. The fourth-order valence-corrected chi connectivity index (χ4v) is 1.23. The van der Waals surface area contributed by atoms with Crippen molar-refractivity contribution in [2.45, 2.75) is 6.92 Å². The molecule has 2 amide bonds. The van der Waals surface area contributed by atoms with Crippen LogP contribution in [0.5, 0.6) is 0 Å². The molecule has 0 aliphatic heterocycles. The van der Waals surface area contributed by atoms with Crippen molar-refractivity contribution >= 4 is 17.5 Å². The minimum Gasteiger partial charge on any atom is -0.361 e. The van der Waals surface area contributed by atoms with Gasteiger partial charge in [-0.15, -0.1) is 0 Å². The molecular formula is C10H11FN2O2. The molecular weight excluding hydrogens is 199 g/mol. The molecule has 0 aromatic heterocycles. The Morgan fingerprint density at radius 1 is 1.40 bits per heavy atom. The number of halogens is 1. The van der Waals surface area contributed by atoms with Gasteiger partial charge in [-0.05, 0) is 19.1 Å². The minimum absolute atomic E-state index is 0.0591. The van der Waals surface area contributed by atoms with E-state index in [1.807, 2.05) is 0 Å². The summed E-state index contributed by atoms with van der Waals surface area (Å²) in [6, 6.07) is 5.71. The molecule has 2 N–H and O–H groups in total. The highest BCUT2D eigenvalue weighted by atomic mass is 19.1. The summed E-state index contributed by atoms with van der Waals surface area (Å²) in [5.41, 5.74) is 4.91. The molecule has 0 saturated heterocycles. The Kier molecular flexibility index (Phi) is 3.38. The zero-order valence-electron chi connectivity index (χ0n) is 8.24. The summed E-state index contributed by atoms with van der Waals surface area (Å²) in [7, 11) is 0. The summed E-state index contributed by atoms with van der Waals surface area (Å²) in [5.74, 6) is -2.57. The van der Waals surface area contributed by atoms with Gasteiger partial charge in [0.2, 0.25) is 0 Å². The summed E-state index contributed by atoms with van der Waals surface area (Å²) >= 11 is 0. The van der Waals surface area contributed by atoms with Crippen molar-refractivity contribution in [2.24, 2.45) is 5.73 Å². The lowest BCUT2D eigenvalue weighted by Crippen LogP contribution is -2.40. The van der Waals surface area contributed by atoms with Crippen LogP contribution in [0.25, 0.3) is 0 Å². The maximum atomic E-state index is 13.3. The lowest BCUT2D eigenvalue weighted by molar-refractivity contribution is -0.135. The van der Waals surface area contributed by atoms with E-state index in [1.54, 1.807) is 13.0 Å². The summed E-state index contributed by atoms with van der Waals surface area (Å²) in [4.78, 5) is 23.0. The van der Waals surface area contributed by atoms with Gasteiger partial charge < -0.3 is 10.6 Å². The topological polar surface area (TPSA) is 63.4 Å². The number of anilines is 1. The lowest BCUT2D eigenvalue weighted by atomic mass is 10.2. The van der Waals surface area contributed by atoms with Gasteiger partial charge in [-0.1, -0.05) is 12.1 Å². The molecule has 0 saturated carbocycles. The number of para-hydroxylation sites is 1. The first-order valence-electron chi connectivity index (χ1n) is 4.43. The smallest absolute Gasteiger partial charge is 0.316 e. The molecule has 0 radical (unpaired) electrons. The van der Waals surface area contributed by atoms with Crippen LogP contribution in [0.2, 0.25) is 0 Å². The third-order valence-electron chi connectivity index (χ3n) is 1.92. The van der Waals surface area contributed by atoms with E-state index in [2.05, 4.69) is 0 Å². The van der Waals surface area contributed by atoms with Crippen LogP contribution in [-0.4, -0.2) is 18.4 Å². The van der Waals surface area contributed by atoms with Gasteiger partial charge in [0.1, 0.15) is 5.82 Å². The highest BCUT2D eigenvalue weighted by molar-refractivity contribution is 6.39. The van der Waals surface area contributed by atoms with Crippen LogP contribution in [0.4, 0.5) is 10.1 Å². The summed E-state index contributed by atoms with van der Waals surface area (Å²) in [5, 5.41) is 0. The number of hydrogen-bond acceptors (Lipinski definition) is 2. The van der Waals surface area contributed by atoms with Crippen molar-refractivity contribution in [1.29, 1.82) is 0 Å². The molecule has 0 atom stereocenters. The second kappa shape index (κ2) is 4.54. The number of benzene rings is 1. The number of nitrogens with two attached hydrogens (primary N) is 1. The molecule has 1 aromatic rings. The fourth-order valence-electron chi connectivity index (χ4n) is 1.23. The Labute approximate surface area is 86.5 Å². The summed E-state index contributed by atoms with van der Waals surface area (Å²) in [6.45, 7) is 1.82. The van der Waals surface area contributed by atoms with Crippen LogP contribution in [0, 0.1) is 5.82 Å². The highest BCUT2D eigenvalue weighted by Crippen LogP contribution is 2.18. The summed E-state index contributed by atoms with van der Waals surface area (Å²) < 4.78 is 13.3. The van der Waals surface area contributed by atoms with Crippen molar-refractivity contribution in [3.8, 4) is 0 Å². The van der Waals surface area contributed by atoms with E-state index in [0.29, 0.717) is 0 Å². The third-order valence-corrected chi connectivity index (χ3v) is 1.92. The average molecular weight is 210 g/mol. The number of primary amides is 1. The Bertz CT molecular complexity index is 393. The number of carbonyl (C=O) groups excluding carboxylic acids is 2. The second-order valence-electron chi connectivity index (χ2n) is 2.87. The molecule has 0 spiro atoms. The predicted octanol–water partition coefficient (Wildman–Crippen LogP) is 0.664. The first kappa shape index (κ1) is 11.2. The molecule has 0 bridgehead atoms. The van der Waals surface area contributed by atoms with Crippen LogP contribution >= 0.6 is 0 Å². The molecule has 1 rings (SSSR count). The van der Waals surface area contributed by atoms with Crippen LogP contribution < -0.4 is 10.6 Å². The SMILES string of the molecule is CCN(C(=O)C(N)=O)c1ccccc1F. The summed E-state index contributed by atoms with van der Waals surface area (Å²) in [6.07, 6.45) is 0. The highest BCUT2D eigenvalue weighted by Gasteiger charge is 2.21. The third kappa shape index (κ3) is 2.31. The Morgan fingerprint density at radius 2 is 2.00 bits per heavy atom. The van der Waals surface area contributed by atoms with E-state index < -0.39 is 17.6 Å². The van der Waals surface area contributed by atoms with Crippen LogP contribution in [0.1, 0.15) is 6.92 Å². The molecule has 4 nitrogen and oxygen atoms in total. The normalized spacial score (nSPS) is 9.73. The van der Waals surface area contributed by atoms with E-state index in [0.717, 1.165) is 4.90 Å². The Balaban J connectivity index is 3.08. The number of likely N-dealkylation sites (N-methyl/N-ethyl adjacent to an activating group) is 1. The van der Waals surface area contributed by atoms with E-state index in [9.17, 15) is 14.0 Å². The van der Waals surface area contributed by atoms with Gasteiger partial charge >= 0.3 is 11.8 Å². The van der Waals surface area contributed by atoms with Crippen LogP contribution in [0.3, 0.4) is 0 Å². The zero-order valence-corrected chi connectivity index (χ0v) is 8.24. The van der Waals surface area contributed by atoms with Crippen molar-refractivity contribution in [3.63, 3.8) is 0 Å². The van der Waals surface area contributed by atoms with Gasteiger partial charge in [0.15, 0.2) is 0 Å². The largest absolute Gasteiger partial charge is 0.361 e. The number of carbonyl (C=O) groups is 2. The minimum atomic E-state index is -1.10. The second-order valence-corrected chi connectivity index (χ2v) is 2.87. The predicted molar refractivity (Wildman–Crippen MR) is 53.6 cm³/mol. The molecule has 5 heteroatoms. The quantitative estimate of drug-likeness (QED) is 0.729. The molecule has 0 aliphatic carbocycles. The molecule has 0 aliphatic rings. The maximum absolute atomic E-state index is 13.3. The van der Waals surface area contributed by atoms with Gasteiger partial charge in [-0.25, -0.2) is 4.39 Å². The first-order chi connectivity index (χ1) is 7.07. The van der Waals surface area contributed by atoms with E-state index in [4.69, 9.17) is 5.73 Å². The maximum Gasteiger partial charge on any atom is 0.316 e. The van der Waals surface area contributed by atoms with Crippen molar-refractivity contribution in [2.75, 3.05) is 11.4 Å². The van der Waals surface area contributed by atoms with Gasteiger partial charge in [0, 0.05) is 6.54 Å². The molecule has 0 heterocycles. The first-order valence-corrected chi connectivity index (χ1v) is 4.43. The van der Waals surface area contributed by atoms with Gasteiger partial charge in [0.25, 0.3) is 0 Å². The number of nitrogens with zero attached hydrogens (tertiary/aromatic N) is 1. The molecule has 1 aromatic carbocycles. The Hall–Kier alpha value is -1.91. The van der Waals surface area contributed by atoms with Crippen LogP contribution in [-0.2, 0) is 9.59 Å². The number of rotatable bonds is 2. The monoisotopic (exact) mass is 210 g/mol. The van der Waals surface area contributed by atoms with Gasteiger partial charge in [-0.2, -0.15) is 0 Å². The van der Waals surface area contributed by atoms with Gasteiger partial charge in [-0.3, -0.25) is 9.59 Å². The molecule has 80 valence electrons. The van der Waals surface area contributed by atoms with Gasteiger partial charge in [0.05, 0.1) is 5.69 Å². The molecule has 0 unspecified atom stereocenters. The van der Waals surface area contributed by atoms with Crippen LogP contribution in [0.15, 0.2) is 24.3 Å². The van der Waals surface area contributed by atoms with E-state index >= 15 is 0 Å². The Morgan fingerprint density at radius 3 is 2.47 bits per heavy atom. The molecule has 0 fully saturated rings. The van der Waals surface area contributed by atoms with Crippen molar-refractivity contribution < 1.29 is 14.0 Å². The van der Waals surface area contributed by atoms with E-state index in [-0.39, 0.29) is 12.2 Å². The average Bonchev–Trinajstić information content (AvgIpc) is 2.21. The van der Waals surface area contributed by atoms with E-state index in [1.165, 1.54) is 18.2 Å². The zero-order chi connectivity index (χ0) is 11.4. The standard InChI is InChI=1S/C10H11FN2O2/c1-2-13(10(15)9(12)14)8-6-4-3-5-7(8)11/h3-6H,2H2,1H3,(H2,12,14).